The van der Waals surface area contributed by atoms with Crippen molar-refractivity contribution in [3.8, 4) is 0 Å². The summed E-state index contributed by atoms with van der Waals surface area (Å²) in [6.45, 7) is 4.52. The highest BCUT2D eigenvalue weighted by molar-refractivity contribution is 5.79. The molecule has 0 fully saturated rings. The Kier molecular flexibility index (Phi) is 4.34. The summed E-state index contributed by atoms with van der Waals surface area (Å²) in [6, 6.07) is 9.70. The van der Waals surface area contributed by atoms with Gasteiger partial charge in [0, 0.05) is 18.9 Å². The molecule has 0 spiro atoms. The Morgan fingerprint density at radius 2 is 2.05 bits per heavy atom. The predicted octanol–water partition coefficient (Wildman–Crippen LogP) is 2.32. The van der Waals surface area contributed by atoms with E-state index in [0.717, 1.165) is 6.42 Å². The molecule has 1 heterocycles. The molecule has 0 aliphatic carbocycles. The molecule has 0 saturated heterocycles. The quantitative estimate of drug-likeness (QED) is 0.893. The van der Waals surface area contributed by atoms with Gasteiger partial charge < -0.3 is 5.32 Å². The van der Waals surface area contributed by atoms with Crippen molar-refractivity contribution in [2.75, 3.05) is 0 Å². The van der Waals surface area contributed by atoms with Gasteiger partial charge in [0.1, 0.15) is 6.04 Å². The summed E-state index contributed by atoms with van der Waals surface area (Å²) in [5, 5.41) is 7.04. The third-order valence-corrected chi connectivity index (χ3v) is 3.25. The van der Waals surface area contributed by atoms with Gasteiger partial charge in [0.15, 0.2) is 0 Å². The predicted molar refractivity (Wildman–Crippen MR) is 74.6 cm³/mol. The molecule has 0 radical (unpaired) electrons. The molecule has 2 aromatic rings. The van der Waals surface area contributed by atoms with E-state index in [2.05, 4.69) is 29.5 Å². The van der Waals surface area contributed by atoms with Crippen LogP contribution in [0.15, 0.2) is 42.7 Å². The minimum atomic E-state index is -0.288. The second-order valence-corrected chi connectivity index (χ2v) is 4.50. The van der Waals surface area contributed by atoms with E-state index in [1.54, 1.807) is 17.1 Å². The zero-order valence-corrected chi connectivity index (χ0v) is 11.3. The maximum atomic E-state index is 12.0. The number of carbonyl (C=O) groups is 1. The molecule has 0 unspecified atom stereocenters. The number of hydrogen-bond donors (Lipinski definition) is 1. The van der Waals surface area contributed by atoms with Crippen LogP contribution < -0.4 is 5.32 Å². The van der Waals surface area contributed by atoms with Crippen molar-refractivity contribution >= 4 is 5.91 Å². The molecule has 100 valence electrons. The van der Waals surface area contributed by atoms with Crippen molar-refractivity contribution in [2.45, 2.75) is 32.9 Å². The summed E-state index contributed by atoms with van der Waals surface area (Å²) >= 11 is 0. The summed E-state index contributed by atoms with van der Waals surface area (Å²) < 4.78 is 1.65. The zero-order chi connectivity index (χ0) is 13.7. The van der Waals surface area contributed by atoms with Crippen molar-refractivity contribution in [3.05, 3.63) is 53.9 Å². The van der Waals surface area contributed by atoms with E-state index >= 15 is 0 Å². The number of aromatic nitrogens is 2. The highest BCUT2D eigenvalue weighted by Crippen LogP contribution is 2.10. The second kappa shape index (κ2) is 6.18. The van der Waals surface area contributed by atoms with Gasteiger partial charge in [-0.05, 0) is 30.5 Å². The summed E-state index contributed by atoms with van der Waals surface area (Å²) in [5.74, 6) is -0.0189. The first kappa shape index (κ1) is 13.3. The van der Waals surface area contributed by atoms with E-state index in [9.17, 15) is 4.79 Å². The fourth-order valence-corrected chi connectivity index (χ4v) is 2.03. The Hall–Kier alpha value is -2.10. The van der Waals surface area contributed by atoms with Crippen LogP contribution in [0.5, 0.6) is 0 Å². The lowest BCUT2D eigenvalue weighted by atomic mass is 10.1. The van der Waals surface area contributed by atoms with Crippen LogP contribution in [0.4, 0.5) is 0 Å². The standard InChI is InChI=1S/C15H19N3O/c1-3-13-7-4-5-8-14(13)11-16-15(19)12(2)18-10-6-9-17-18/h4-10,12H,3,11H2,1-2H3,(H,16,19)/t12-/m0/s1. The molecule has 1 aromatic heterocycles. The summed E-state index contributed by atoms with van der Waals surface area (Å²) in [5.41, 5.74) is 2.44. The average molecular weight is 257 g/mol. The third kappa shape index (κ3) is 3.22. The molecule has 1 atom stereocenters. The first-order valence-electron chi connectivity index (χ1n) is 6.56. The topological polar surface area (TPSA) is 46.9 Å². The summed E-state index contributed by atoms with van der Waals surface area (Å²) in [6.07, 6.45) is 4.45. The minimum absolute atomic E-state index is 0.0189. The number of rotatable bonds is 5. The van der Waals surface area contributed by atoms with E-state index < -0.39 is 0 Å². The third-order valence-electron chi connectivity index (χ3n) is 3.25. The molecule has 1 N–H and O–H groups in total. The highest BCUT2D eigenvalue weighted by Gasteiger charge is 2.14. The van der Waals surface area contributed by atoms with Gasteiger partial charge in [-0.25, -0.2) is 0 Å². The van der Waals surface area contributed by atoms with Crippen molar-refractivity contribution in [1.29, 1.82) is 0 Å². The molecule has 19 heavy (non-hydrogen) atoms. The first-order chi connectivity index (χ1) is 9.22. The van der Waals surface area contributed by atoms with Crippen molar-refractivity contribution < 1.29 is 4.79 Å². The smallest absolute Gasteiger partial charge is 0.244 e. The van der Waals surface area contributed by atoms with Crippen molar-refractivity contribution in [2.24, 2.45) is 0 Å². The lowest BCUT2D eigenvalue weighted by molar-refractivity contribution is -0.124. The van der Waals surface area contributed by atoms with Gasteiger partial charge in [0.2, 0.25) is 5.91 Å². The Morgan fingerprint density at radius 3 is 2.68 bits per heavy atom. The Bertz CT molecular complexity index is 534. The van der Waals surface area contributed by atoms with E-state index in [1.807, 2.05) is 25.1 Å². The Labute approximate surface area is 113 Å². The van der Waals surface area contributed by atoms with E-state index in [4.69, 9.17) is 0 Å². The molecular formula is C15H19N3O. The average Bonchev–Trinajstić information content (AvgIpc) is 2.98. The zero-order valence-electron chi connectivity index (χ0n) is 11.3. The van der Waals surface area contributed by atoms with Crippen LogP contribution >= 0.6 is 0 Å². The van der Waals surface area contributed by atoms with Crippen LogP contribution in [0.3, 0.4) is 0 Å². The van der Waals surface area contributed by atoms with Crippen LogP contribution in [0.25, 0.3) is 0 Å². The maximum absolute atomic E-state index is 12.0. The molecule has 0 saturated carbocycles. The molecule has 4 heteroatoms. The molecular weight excluding hydrogens is 238 g/mol. The SMILES string of the molecule is CCc1ccccc1CNC(=O)[C@H](C)n1cccn1. The van der Waals surface area contributed by atoms with Gasteiger partial charge in [0.25, 0.3) is 0 Å². The fourth-order valence-electron chi connectivity index (χ4n) is 2.03. The monoisotopic (exact) mass is 257 g/mol. The number of carbonyl (C=O) groups excluding carboxylic acids is 1. The van der Waals surface area contributed by atoms with Gasteiger partial charge in [-0.1, -0.05) is 31.2 Å². The number of aryl methyl sites for hydroxylation is 1. The van der Waals surface area contributed by atoms with Crippen molar-refractivity contribution in [1.82, 2.24) is 15.1 Å². The maximum Gasteiger partial charge on any atom is 0.244 e. The van der Waals surface area contributed by atoms with Crippen LogP contribution in [0.1, 0.15) is 31.0 Å². The van der Waals surface area contributed by atoms with Crippen LogP contribution in [0.2, 0.25) is 0 Å². The molecule has 4 nitrogen and oxygen atoms in total. The summed E-state index contributed by atoms with van der Waals surface area (Å²) in [7, 11) is 0. The van der Waals surface area contributed by atoms with Gasteiger partial charge >= 0.3 is 0 Å². The lowest BCUT2D eigenvalue weighted by Gasteiger charge is -2.14. The molecule has 0 bridgehead atoms. The molecule has 1 amide bonds. The number of nitrogens with zero attached hydrogens (tertiary/aromatic N) is 2. The molecule has 0 aliphatic heterocycles. The van der Waals surface area contributed by atoms with Gasteiger partial charge in [-0.2, -0.15) is 5.10 Å². The Balaban J connectivity index is 1.97. The minimum Gasteiger partial charge on any atom is -0.350 e. The number of amides is 1. The highest BCUT2D eigenvalue weighted by atomic mass is 16.2. The lowest BCUT2D eigenvalue weighted by Crippen LogP contribution is -2.31. The normalized spacial score (nSPS) is 12.1. The van der Waals surface area contributed by atoms with Crippen LogP contribution in [0, 0.1) is 0 Å². The van der Waals surface area contributed by atoms with Crippen LogP contribution in [-0.2, 0) is 17.8 Å². The van der Waals surface area contributed by atoms with Gasteiger partial charge in [0.05, 0.1) is 0 Å². The van der Waals surface area contributed by atoms with E-state index in [-0.39, 0.29) is 11.9 Å². The summed E-state index contributed by atoms with van der Waals surface area (Å²) in [4.78, 5) is 12.0. The van der Waals surface area contributed by atoms with Gasteiger partial charge in [-0.3, -0.25) is 9.48 Å². The molecule has 0 aliphatic rings. The van der Waals surface area contributed by atoms with Gasteiger partial charge in [-0.15, -0.1) is 0 Å². The number of benzene rings is 1. The number of hydrogen-bond acceptors (Lipinski definition) is 2. The van der Waals surface area contributed by atoms with Crippen LogP contribution in [-0.4, -0.2) is 15.7 Å². The van der Waals surface area contributed by atoms with E-state index in [1.165, 1.54) is 11.1 Å². The number of nitrogens with one attached hydrogen (secondary N) is 1. The van der Waals surface area contributed by atoms with Crippen molar-refractivity contribution in [3.63, 3.8) is 0 Å². The van der Waals surface area contributed by atoms with E-state index in [0.29, 0.717) is 6.54 Å². The first-order valence-corrected chi connectivity index (χ1v) is 6.56. The fraction of sp³-hybridized carbons (Fsp3) is 0.333. The molecule has 2 rings (SSSR count). The Morgan fingerprint density at radius 1 is 1.32 bits per heavy atom. The molecule has 1 aromatic carbocycles. The largest absolute Gasteiger partial charge is 0.350 e. The second-order valence-electron chi connectivity index (χ2n) is 4.50.